The number of amides is 1. The standard InChI is InChI=1S/C21H20N2O4/c1-15(17-5-3-2-4-6-17)23-21(26)18(14-22)13-16-7-9-19(10-8-16)27-12-11-20(24)25/h2-10,13,15H,11-12H2,1H3,(H,23,26)(H,24,25)/b18-13+/t15-/m0/s1. The molecule has 1 amide bonds. The molecule has 0 aliphatic carbocycles. The summed E-state index contributed by atoms with van der Waals surface area (Å²) in [6.07, 6.45) is 1.41. The summed E-state index contributed by atoms with van der Waals surface area (Å²) in [7, 11) is 0. The van der Waals surface area contributed by atoms with Crippen molar-refractivity contribution in [3.05, 3.63) is 71.3 Å². The van der Waals surface area contributed by atoms with E-state index in [9.17, 15) is 14.9 Å². The number of carbonyl (C=O) groups excluding carboxylic acids is 1. The van der Waals surface area contributed by atoms with Crippen molar-refractivity contribution in [2.45, 2.75) is 19.4 Å². The van der Waals surface area contributed by atoms with Gasteiger partial charge in [0.1, 0.15) is 17.4 Å². The molecule has 0 spiro atoms. The molecule has 1 atom stereocenters. The van der Waals surface area contributed by atoms with Crippen molar-refractivity contribution in [2.24, 2.45) is 0 Å². The van der Waals surface area contributed by atoms with Gasteiger partial charge in [0.2, 0.25) is 0 Å². The largest absolute Gasteiger partial charge is 0.493 e. The van der Waals surface area contributed by atoms with Crippen LogP contribution in [0, 0.1) is 11.3 Å². The molecule has 0 saturated carbocycles. The number of ether oxygens (including phenoxy) is 1. The van der Waals surface area contributed by atoms with Crippen LogP contribution in [0.1, 0.15) is 30.5 Å². The number of nitriles is 1. The van der Waals surface area contributed by atoms with Crippen molar-refractivity contribution in [1.29, 1.82) is 5.26 Å². The molecule has 0 aromatic heterocycles. The zero-order chi connectivity index (χ0) is 19.6. The summed E-state index contributed by atoms with van der Waals surface area (Å²) in [5.74, 6) is -0.853. The van der Waals surface area contributed by atoms with Crippen LogP contribution in [0.15, 0.2) is 60.2 Å². The highest BCUT2D eigenvalue weighted by Gasteiger charge is 2.13. The van der Waals surface area contributed by atoms with Crippen LogP contribution in [0.25, 0.3) is 6.08 Å². The van der Waals surface area contributed by atoms with E-state index in [1.54, 1.807) is 24.3 Å². The molecule has 0 unspecified atom stereocenters. The molecule has 2 aromatic carbocycles. The fourth-order valence-electron chi connectivity index (χ4n) is 2.33. The van der Waals surface area contributed by atoms with Crippen LogP contribution in [0.3, 0.4) is 0 Å². The first-order valence-electron chi connectivity index (χ1n) is 8.42. The molecule has 138 valence electrons. The van der Waals surface area contributed by atoms with Gasteiger partial charge in [-0.05, 0) is 36.3 Å². The predicted octanol–water partition coefficient (Wildman–Crippen LogP) is 3.32. The fourth-order valence-corrected chi connectivity index (χ4v) is 2.33. The van der Waals surface area contributed by atoms with Gasteiger partial charge >= 0.3 is 5.97 Å². The Labute approximate surface area is 157 Å². The molecule has 0 heterocycles. The third-order valence-corrected chi connectivity index (χ3v) is 3.79. The number of aliphatic carboxylic acids is 1. The molecule has 0 saturated heterocycles. The third-order valence-electron chi connectivity index (χ3n) is 3.79. The molecule has 2 N–H and O–H groups in total. The van der Waals surface area contributed by atoms with E-state index in [1.165, 1.54) is 6.08 Å². The number of nitrogens with zero attached hydrogens (tertiary/aromatic N) is 1. The number of hydrogen-bond acceptors (Lipinski definition) is 4. The third kappa shape index (κ3) is 6.33. The first-order chi connectivity index (χ1) is 13.0. The number of carbonyl (C=O) groups is 2. The lowest BCUT2D eigenvalue weighted by atomic mass is 10.1. The SMILES string of the molecule is C[C@H](NC(=O)/C(C#N)=C/c1ccc(OCCC(=O)O)cc1)c1ccccc1. The van der Waals surface area contributed by atoms with E-state index in [0.717, 1.165) is 5.56 Å². The highest BCUT2D eigenvalue weighted by molar-refractivity contribution is 6.01. The first kappa shape index (κ1) is 19.7. The summed E-state index contributed by atoms with van der Waals surface area (Å²) < 4.78 is 5.31. The van der Waals surface area contributed by atoms with Crippen molar-refractivity contribution < 1.29 is 19.4 Å². The number of carboxylic acid groups (broad SMARTS) is 1. The quantitative estimate of drug-likeness (QED) is 0.553. The van der Waals surface area contributed by atoms with Gasteiger partial charge in [-0.2, -0.15) is 5.26 Å². The van der Waals surface area contributed by atoms with Crippen LogP contribution >= 0.6 is 0 Å². The highest BCUT2D eigenvalue weighted by Crippen LogP contribution is 2.16. The van der Waals surface area contributed by atoms with E-state index in [0.29, 0.717) is 11.3 Å². The lowest BCUT2D eigenvalue weighted by Gasteiger charge is -2.13. The minimum absolute atomic E-state index is 0.00248. The molecular weight excluding hydrogens is 344 g/mol. The van der Waals surface area contributed by atoms with Crippen molar-refractivity contribution in [2.75, 3.05) is 6.61 Å². The minimum Gasteiger partial charge on any atom is -0.493 e. The Kier molecular flexibility index (Phi) is 7.15. The van der Waals surface area contributed by atoms with E-state index >= 15 is 0 Å². The van der Waals surface area contributed by atoms with E-state index in [4.69, 9.17) is 9.84 Å². The molecule has 0 aliphatic heterocycles. The lowest BCUT2D eigenvalue weighted by Crippen LogP contribution is -2.27. The second-order valence-corrected chi connectivity index (χ2v) is 5.84. The van der Waals surface area contributed by atoms with Crippen LogP contribution in [0.5, 0.6) is 5.75 Å². The maximum Gasteiger partial charge on any atom is 0.306 e. The molecule has 2 rings (SSSR count). The van der Waals surface area contributed by atoms with E-state index in [2.05, 4.69) is 5.32 Å². The van der Waals surface area contributed by atoms with E-state index in [-0.39, 0.29) is 24.6 Å². The lowest BCUT2D eigenvalue weighted by molar-refractivity contribution is -0.137. The van der Waals surface area contributed by atoms with Crippen molar-refractivity contribution >= 4 is 18.0 Å². The second-order valence-electron chi connectivity index (χ2n) is 5.84. The normalized spacial score (nSPS) is 11.9. The zero-order valence-electron chi connectivity index (χ0n) is 14.9. The van der Waals surface area contributed by atoms with Gasteiger partial charge in [-0.1, -0.05) is 42.5 Å². The molecule has 0 fully saturated rings. The number of carboxylic acids is 1. The number of nitrogens with one attached hydrogen (secondary N) is 1. The van der Waals surface area contributed by atoms with Gasteiger partial charge < -0.3 is 15.2 Å². The van der Waals surface area contributed by atoms with Gasteiger partial charge in [-0.15, -0.1) is 0 Å². The summed E-state index contributed by atoms with van der Waals surface area (Å²) >= 11 is 0. The van der Waals surface area contributed by atoms with Crippen LogP contribution in [-0.4, -0.2) is 23.6 Å². The highest BCUT2D eigenvalue weighted by atomic mass is 16.5. The first-order valence-corrected chi connectivity index (χ1v) is 8.42. The topological polar surface area (TPSA) is 99.4 Å². The Hall–Kier alpha value is -3.59. The van der Waals surface area contributed by atoms with Gasteiger partial charge in [0.15, 0.2) is 0 Å². The van der Waals surface area contributed by atoms with Crippen LogP contribution in [-0.2, 0) is 9.59 Å². The van der Waals surface area contributed by atoms with Gasteiger partial charge in [-0.25, -0.2) is 0 Å². The predicted molar refractivity (Wildman–Crippen MR) is 101 cm³/mol. The second kappa shape index (κ2) is 9.78. The molecule has 6 heteroatoms. The van der Waals surface area contributed by atoms with Gasteiger partial charge in [0.25, 0.3) is 5.91 Å². The van der Waals surface area contributed by atoms with Crippen molar-refractivity contribution in [3.8, 4) is 11.8 Å². The smallest absolute Gasteiger partial charge is 0.306 e. The average Bonchev–Trinajstić information content (AvgIpc) is 2.67. The summed E-state index contributed by atoms with van der Waals surface area (Å²) in [6, 6.07) is 17.9. The molecular formula is C21H20N2O4. The van der Waals surface area contributed by atoms with Crippen molar-refractivity contribution in [1.82, 2.24) is 5.32 Å². The summed E-state index contributed by atoms with van der Waals surface area (Å²) in [5.41, 5.74) is 1.61. The number of benzene rings is 2. The molecule has 0 bridgehead atoms. The molecule has 0 radical (unpaired) electrons. The van der Waals surface area contributed by atoms with E-state index in [1.807, 2.05) is 43.3 Å². The Morgan fingerprint density at radius 2 is 1.85 bits per heavy atom. The molecule has 6 nitrogen and oxygen atoms in total. The summed E-state index contributed by atoms with van der Waals surface area (Å²) in [6.45, 7) is 1.93. The fraction of sp³-hybridized carbons (Fsp3) is 0.190. The monoisotopic (exact) mass is 364 g/mol. The minimum atomic E-state index is -0.927. The maximum absolute atomic E-state index is 12.4. The molecule has 27 heavy (non-hydrogen) atoms. The Balaban J connectivity index is 2.01. The molecule has 2 aromatic rings. The average molecular weight is 364 g/mol. The van der Waals surface area contributed by atoms with E-state index < -0.39 is 11.9 Å². The zero-order valence-corrected chi connectivity index (χ0v) is 14.9. The van der Waals surface area contributed by atoms with Gasteiger partial charge in [0.05, 0.1) is 19.1 Å². The number of rotatable bonds is 8. The Morgan fingerprint density at radius 3 is 2.44 bits per heavy atom. The molecule has 0 aliphatic rings. The van der Waals surface area contributed by atoms with Crippen LogP contribution in [0.4, 0.5) is 0 Å². The Bertz CT molecular complexity index is 852. The summed E-state index contributed by atoms with van der Waals surface area (Å²) in [5, 5.41) is 20.7. The van der Waals surface area contributed by atoms with Crippen molar-refractivity contribution in [3.63, 3.8) is 0 Å². The van der Waals surface area contributed by atoms with Crippen LogP contribution < -0.4 is 10.1 Å². The van der Waals surface area contributed by atoms with Gasteiger partial charge in [0, 0.05) is 0 Å². The maximum atomic E-state index is 12.4. The van der Waals surface area contributed by atoms with Gasteiger partial charge in [-0.3, -0.25) is 9.59 Å². The van der Waals surface area contributed by atoms with Crippen LogP contribution in [0.2, 0.25) is 0 Å². The Morgan fingerprint density at radius 1 is 1.19 bits per heavy atom. The summed E-state index contributed by atoms with van der Waals surface area (Å²) in [4.78, 5) is 22.8. The number of hydrogen-bond donors (Lipinski definition) is 2.